The quantitative estimate of drug-likeness (QED) is 0.688. The lowest BCUT2D eigenvalue weighted by molar-refractivity contribution is 0.0698. The molecule has 0 unspecified atom stereocenters. The van der Waals surface area contributed by atoms with Crippen LogP contribution in [0.25, 0.3) is 11.0 Å². The minimum atomic E-state index is -1.07. The van der Waals surface area contributed by atoms with Crippen LogP contribution in [-0.2, 0) is 0 Å². The molecule has 0 spiro atoms. The van der Waals surface area contributed by atoms with E-state index < -0.39 is 5.97 Å². The van der Waals surface area contributed by atoms with E-state index in [-0.39, 0.29) is 11.5 Å². The number of nitrogens with zero attached hydrogens (tertiary/aromatic N) is 2. The fourth-order valence-electron chi connectivity index (χ4n) is 1.92. The first-order valence-electron chi connectivity index (χ1n) is 6.00. The fraction of sp³-hybridized carbons (Fsp3) is 0.0769. The van der Waals surface area contributed by atoms with Crippen LogP contribution in [0.3, 0.4) is 0 Å². The number of aromatic nitrogens is 3. The lowest BCUT2D eigenvalue weighted by Gasteiger charge is -2.04. The molecule has 0 fully saturated rings. The Morgan fingerprint density at radius 3 is 2.76 bits per heavy atom. The second-order valence-corrected chi connectivity index (χ2v) is 5.64. The number of carboxylic acids is 1. The molecule has 3 rings (SSSR count). The molecule has 2 aromatic heterocycles. The number of aromatic carboxylic acids is 1. The molecular weight excluding hydrogens is 292 g/mol. The Morgan fingerprint density at radius 1 is 1.24 bits per heavy atom. The molecule has 0 aliphatic heterocycles. The van der Waals surface area contributed by atoms with Crippen LogP contribution in [0.5, 0.6) is 0 Å². The lowest BCUT2D eigenvalue weighted by atomic mass is 10.2. The first-order chi connectivity index (χ1) is 10.0. The molecule has 1 amide bonds. The number of hydrogen-bond donors (Lipinski definition) is 3. The summed E-state index contributed by atoms with van der Waals surface area (Å²) < 4.78 is 0. The van der Waals surface area contributed by atoms with Gasteiger partial charge in [-0.15, -0.1) is 11.3 Å². The molecule has 0 radical (unpaired) electrons. The Morgan fingerprint density at radius 2 is 2.00 bits per heavy atom. The van der Waals surface area contributed by atoms with E-state index in [0.29, 0.717) is 21.6 Å². The van der Waals surface area contributed by atoms with Crippen molar-refractivity contribution in [2.24, 2.45) is 0 Å². The molecule has 3 N–H and O–H groups in total. The average molecular weight is 302 g/mol. The maximum absolute atomic E-state index is 12.2. The number of aryl methyl sites for hydroxylation is 1. The molecule has 2 heterocycles. The van der Waals surface area contributed by atoms with Crippen LogP contribution in [0.4, 0.5) is 5.00 Å². The van der Waals surface area contributed by atoms with E-state index in [1.54, 1.807) is 25.1 Å². The van der Waals surface area contributed by atoms with Crippen LogP contribution < -0.4 is 5.32 Å². The van der Waals surface area contributed by atoms with Crippen LogP contribution in [0.15, 0.2) is 24.3 Å². The van der Waals surface area contributed by atoms with E-state index in [1.165, 1.54) is 17.4 Å². The van der Waals surface area contributed by atoms with E-state index in [9.17, 15) is 9.59 Å². The molecule has 1 aromatic carbocycles. The highest BCUT2D eigenvalue weighted by Gasteiger charge is 2.17. The topological polar surface area (TPSA) is 108 Å². The highest BCUT2D eigenvalue weighted by atomic mass is 32.1. The van der Waals surface area contributed by atoms with Crippen LogP contribution in [0.1, 0.15) is 25.6 Å². The van der Waals surface area contributed by atoms with Gasteiger partial charge in [0, 0.05) is 10.4 Å². The van der Waals surface area contributed by atoms with Crippen molar-refractivity contribution in [2.45, 2.75) is 6.92 Å². The number of rotatable bonds is 3. The monoisotopic (exact) mass is 302 g/mol. The summed E-state index contributed by atoms with van der Waals surface area (Å²) in [6, 6.07) is 6.41. The Balaban J connectivity index is 1.90. The highest BCUT2D eigenvalue weighted by molar-refractivity contribution is 7.16. The predicted octanol–water partition coefficient (Wildman–Crippen LogP) is 2.28. The number of aromatic amines is 1. The maximum atomic E-state index is 12.2. The minimum absolute atomic E-state index is 0.0911. The molecule has 3 aromatic rings. The fourth-order valence-corrected chi connectivity index (χ4v) is 2.82. The molecular formula is C13H10N4O3S. The third kappa shape index (κ3) is 2.48. The molecule has 0 saturated heterocycles. The van der Waals surface area contributed by atoms with Crippen molar-refractivity contribution in [1.29, 1.82) is 0 Å². The number of carbonyl (C=O) groups excluding carboxylic acids is 1. The largest absolute Gasteiger partial charge is 0.478 e. The van der Waals surface area contributed by atoms with Gasteiger partial charge >= 0.3 is 5.97 Å². The van der Waals surface area contributed by atoms with Crippen LogP contribution >= 0.6 is 11.3 Å². The number of benzene rings is 1. The molecule has 0 atom stereocenters. The number of H-pyrrole nitrogens is 1. The van der Waals surface area contributed by atoms with Gasteiger partial charge < -0.3 is 10.4 Å². The van der Waals surface area contributed by atoms with Gasteiger partial charge in [-0.05, 0) is 31.2 Å². The van der Waals surface area contributed by atoms with Crippen molar-refractivity contribution in [2.75, 3.05) is 5.32 Å². The molecule has 21 heavy (non-hydrogen) atoms. The summed E-state index contributed by atoms with van der Waals surface area (Å²) >= 11 is 1.22. The minimum Gasteiger partial charge on any atom is -0.478 e. The van der Waals surface area contributed by atoms with Crippen molar-refractivity contribution in [3.05, 3.63) is 40.3 Å². The SMILES string of the molecule is Cc1cc(C(=O)O)c(NC(=O)c2ccc3n[nH]nc3c2)s1. The van der Waals surface area contributed by atoms with Crippen molar-refractivity contribution in [1.82, 2.24) is 15.4 Å². The molecule has 7 nitrogen and oxygen atoms in total. The zero-order valence-corrected chi connectivity index (χ0v) is 11.7. The Labute approximate surface area is 122 Å². The van der Waals surface area contributed by atoms with Crippen molar-refractivity contribution in [3.63, 3.8) is 0 Å². The summed E-state index contributed by atoms with van der Waals surface area (Å²) in [4.78, 5) is 24.1. The van der Waals surface area contributed by atoms with Crippen LogP contribution in [-0.4, -0.2) is 32.4 Å². The molecule has 106 valence electrons. The van der Waals surface area contributed by atoms with Gasteiger partial charge in [0.15, 0.2) is 0 Å². The number of thiophene rings is 1. The Hall–Kier alpha value is -2.74. The third-order valence-corrected chi connectivity index (χ3v) is 3.86. The normalized spacial score (nSPS) is 10.7. The summed E-state index contributed by atoms with van der Waals surface area (Å²) in [7, 11) is 0. The van der Waals surface area contributed by atoms with E-state index >= 15 is 0 Å². The Kier molecular flexibility index (Phi) is 3.15. The van der Waals surface area contributed by atoms with Crippen molar-refractivity contribution >= 4 is 39.2 Å². The first-order valence-corrected chi connectivity index (χ1v) is 6.82. The molecule has 0 saturated carbocycles. The first kappa shape index (κ1) is 13.3. The van der Waals surface area contributed by atoms with Gasteiger partial charge in [-0.1, -0.05) is 0 Å². The zero-order valence-electron chi connectivity index (χ0n) is 10.9. The smallest absolute Gasteiger partial charge is 0.338 e. The highest BCUT2D eigenvalue weighted by Crippen LogP contribution is 2.28. The summed E-state index contributed by atoms with van der Waals surface area (Å²) in [6.07, 6.45) is 0. The summed E-state index contributed by atoms with van der Waals surface area (Å²) in [6.45, 7) is 1.79. The van der Waals surface area contributed by atoms with E-state index in [0.717, 1.165) is 4.88 Å². The van der Waals surface area contributed by atoms with E-state index in [4.69, 9.17) is 5.11 Å². The van der Waals surface area contributed by atoms with Gasteiger partial charge in [-0.2, -0.15) is 15.4 Å². The van der Waals surface area contributed by atoms with Gasteiger partial charge in [-0.3, -0.25) is 4.79 Å². The summed E-state index contributed by atoms with van der Waals surface area (Å²) in [5.74, 6) is -1.45. The van der Waals surface area contributed by atoms with E-state index in [1.807, 2.05) is 0 Å². The van der Waals surface area contributed by atoms with Gasteiger partial charge in [0.05, 0.1) is 5.56 Å². The number of fused-ring (bicyclic) bond motifs is 1. The number of anilines is 1. The predicted molar refractivity (Wildman–Crippen MR) is 77.9 cm³/mol. The number of carboxylic acid groups (broad SMARTS) is 1. The number of amides is 1. The van der Waals surface area contributed by atoms with Crippen molar-refractivity contribution < 1.29 is 14.7 Å². The number of carbonyl (C=O) groups is 2. The maximum Gasteiger partial charge on any atom is 0.338 e. The average Bonchev–Trinajstić information content (AvgIpc) is 3.04. The van der Waals surface area contributed by atoms with Gasteiger partial charge in [0.25, 0.3) is 5.91 Å². The zero-order chi connectivity index (χ0) is 15.0. The number of hydrogen-bond acceptors (Lipinski definition) is 5. The molecule has 0 aliphatic rings. The second-order valence-electron chi connectivity index (χ2n) is 4.39. The van der Waals surface area contributed by atoms with Crippen LogP contribution in [0.2, 0.25) is 0 Å². The molecule has 0 bridgehead atoms. The molecule has 0 aliphatic carbocycles. The van der Waals surface area contributed by atoms with Gasteiger partial charge in [0.1, 0.15) is 16.0 Å². The second kappa shape index (κ2) is 4.98. The summed E-state index contributed by atoms with van der Waals surface area (Å²) in [5.41, 5.74) is 1.71. The molecule has 8 heteroatoms. The van der Waals surface area contributed by atoms with E-state index in [2.05, 4.69) is 20.7 Å². The standard InChI is InChI=1S/C13H10N4O3S/c1-6-4-8(13(19)20)12(21-6)14-11(18)7-2-3-9-10(5-7)16-17-15-9/h2-5H,1H3,(H,14,18)(H,19,20)(H,15,16,17). The third-order valence-electron chi connectivity index (χ3n) is 2.89. The van der Waals surface area contributed by atoms with Crippen molar-refractivity contribution in [3.8, 4) is 0 Å². The van der Waals surface area contributed by atoms with Gasteiger partial charge in [-0.25, -0.2) is 4.79 Å². The summed E-state index contributed by atoms with van der Waals surface area (Å²) in [5, 5.41) is 22.3. The Bertz CT molecular complexity index is 852. The van der Waals surface area contributed by atoms with Crippen LogP contribution in [0, 0.1) is 6.92 Å². The lowest BCUT2D eigenvalue weighted by Crippen LogP contribution is -2.13. The van der Waals surface area contributed by atoms with Gasteiger partial charge in [0.2, 0.25) is 0 Å². The number of nitrogens with one attached hydrogen (secondary N) is 2.